The Hall–Kier alpha value is -5.52. The molecule has 0 aliphatic carbocycles. The SMILES string of the molecule is [C-]#[N+]c1cccc(-n2nnnc2N2CCN(C(=O)C(=O)c3c[nH]c4c(-n5ccnn5)ncc(F)c34)CC2)c1. The lowest BCUT2D eigenvalue weighted by molar-refractivity contribution is -0.126. The summed E-state index contributed by atoms with van der Waals surface area (Å²) in [7, 11) is 0. The molecule has 0 bridgehead atoms. The van der Waals surface area contributed by atoms with Crippen LogP contribution >= 0.6 is 0 Å². The van der Waals surface area contributed by atoms with E-state index in [4.69, 9.17) is 6.57 Å². The fraction of sp³-hybridized carbons (Fsp3) is 0.174. The summed E-state index contributed by atoms with van der Waals surface area (Å²) < 4.78 is 17.6. The molecule has 188 valence electrons. The molecule has 1 saturated heterocycles. The molecule has 0 spiro atoms. The molecule has 14 nitrogen and oxygen atoms in total. The molecule has 0 atom stereocenters. The Labute approximate surface area is 213 Å². The Bertz CT molecular complexity index is 1710. The van der Waals surface area contributed by atoms with E-state index in [2.05, 4.69) is 40.7 Å². The Morgan fingerprint density at radius 1 is 1.13 bits per heavy atom. The van der Waals surface area contributed by atoms with Crippen LogP contribution in [0, 0.1) is 12.4 Å². The quantitative estimate of drug-likeness (QED) is 0.209. The van der Waals surface area contributed by atoms with Crippen molar-refractivity contribution < 1.29 is 14.0 Å². The van der Waals surface area contributed by atoms with E-state index in [0.29, 0.717) is 30.4 Å². The van der Waals surface area contributed by atoms with Gasteiger partial charge in [0.2, 0.25) is 5.95 Å². The summed E-state index contributed by atoms with van der Waals surface area (Å²) in [6, 6.07) is 6.90. The first-order chi connectivity index (χ1) is 18.5. The molecule has 38 heavy (non-hydrogen) atoms. The van der Waals surface area contributed by atoms with Crippen LogP contribution in [0.15, 0.2) is 49.1 Å². The summed E-state index contributed by atoms with van der Waals surface area (Å²) in [5.74, 6) is -1.61. The number of aromatic amines is 1. The molecule has 1 N–H and O–H groups in total. The number of nitrogens with one attached hydrogen (secondary N) is 1. The van der Waals surface area contributed by atoms with Gasteiger partial charge in [-0.2, -0.15) is 4.68 Å². The van der Waals surface area contributed by atoms with Gasteiger partial charge in [0.15, 0.2) is 17.3 Å². The molecule has 0 saturated carbocycles. The number of anilines is 1. The number of pyridine rings is 1. The van der Waals surface area contributed by atoms with Crippen LogP contribution in [0.25, 0.3) is 27.3 Å². The molecule has 5 heterocycles. The number of piperazine rings is 1. The zero-order valence-electron chi connectivity index (χ0n) is 19.6. The molecule has 0 radical (unpaired) electrons. The topological polar surface area (TPSA) is 148 Å². The van der Waals surface area contributed by atoms with Crippen molar-refractivity contribution in [3.05, 3.63) is 71.9 Å². The maximum atomic E-state index is 14.8. The van der Waals surface area contributed by atoms with Crippen molar-refractivity contribution in [2.75, 3.05) is 31.1 Å². The van der Waals surface area contributed by atoms with Crippen molar-refractivity contribution >= 4 is 34.2 Å². The Kier molecular flexibility index (Phi) is 5.53. The molecule has 1 fully saturated rings. The van der Waals surface area contributed by atoms with Crippen molar-refractivity contribution in [2.24, 2.45) is 0 Å². The highest BCUT2D eigenvalue weighted by Gasteiger charge is 2.31. The molecule has 1 amide bonds. The van der Waals surface area contributed by atoms with Gasteiger partial charge in [-0.15, -0.1) is 5.10 Å². The van der Waals surface area contributed by atoms with Gasteiger partial charge in [-0.3, -0.25) is 9.59 Å². The average Bonchev–Trinajstić information content (AvgIpc) is 3.74. The number of aromatic nitrogens is 9. The first-order valence-electron chi connectivity index (χ1n) is 11.4. The van der Waals surface area contributed by atoms with E-state index < -0.39 is 17.5 Å². The highest BCUT2D eigenvalue weighted by Crippen LogP contribution is 2.27. The fourth-order valence-corrected chi connectivity index (χ4v) is 4.38. The van der Waals surface area contributed by atoms with Crippen molar-refractivity contribution in [1.82, 2.24) is 50.1 Å². The number of hydrogen-bond donors (Lipinski definition) is 1. The molecule has 15 heteroatoms. The normalized spacial score (nSPS) is 13.6. The Morgan fingerprint density at radius 3 is 2.74 bits per heavy atom. The van der Waals surface area contributed by atoms with Crippen LogP contribution in [-0.2, 0) is 4.79 Å². The molecule has 4 aromatic heterocycles. The van der Waals surface area contributed by atoms with Crippen LogP contribution in [0.1, 0.15) is 10.4 Å². The van der Waals surface area contributed by atoms with E-state index in [9.17, 15) is 14.0 Å². The van der Waals surface area contributed by atoms with Gasteiger partial charge in [0.05, 0.1) is 47.3 Å². The molecule has 1 aliphatic rings. The largest absolute Gasteiger partial charge is 0.357 e. The lowest BCUT2D eigenvalue weighted by Gasteiger charge is -2.34. The third kappa shape index (κ3) is 3.80. The van der Waals surface area contributed by atoms with E-state index in [-0.39, 0.29) is 35.4 Å². The van der Waals surface area contributed by atoms with Crippen molar-refractivity contribution in [2.45, 2.75) is 0 Å². The van der Waals surface area contributed by atoms with Crippen LogP contribution in [0.4, 0.5) is 16.0 Å². The molecule has 0 unspecified atom stereocenters. The number of hydrogen-bond acceptors (Lipinski definition) is 9. The van der Waals surface area contributed by atoms with E-state index in [1.807, 2.05) is 4.90 Å². The smallest absolute Gasteiger partial charge is 0.295 e. The Morgan fingerprint density at radius 2 is 1.97 bits per heavy atom. The second-order valence-corrected chi connectivity index (χ2v) is 8.36. The third-order valence-corrected chi connectivity index (χ3v) is 6.23. The first-order valence-corrected chi connectivity index (χ1v) is 11.4. The number of rotatable bonds is 5. The van der Waals surface area contributed by atoms with Crippen molar-refractivity contribution in [1.29, 1.82) is 0 Å². The number of tetrazole rings is 1. The van der Waals surface area contributed by atoms with Gasteiger partial charge in [0.25, 0.3) is 11.7 Å². The number of amides is 1. The van der Waals surface area contributed by atoms with Crippen molar-refractivity contribution in [3.8, 4) is 11.5 Å². The lowest BCUT2D eigenvalue weighted by Crippen LogP contribution is -2.51. The Balaban J connectivity index is 1.20. The number of fused-ring (bicyclic) bond motifs is 1. The van der Waals surface area contributed by atoms with Crippen LogP contribution in [0.3, 0.4) is 0 Å². The van der Waals surface area contributed by atoms with Crippen LogP contribution < -0.4 is 4.90 Å². The average molecular weight is 512 g/mol. The lowest BCUT2D eigenvalue weighted by atomic mass is 10.1. The fourth-order valence-electron chi connectivity index (χ4n) is 4.38. The number of Topliss-reactive ketones (excluding diaryl/α,β-unsaturated/α-hetero) is 1. The summed E-state index contributed by atoms with van der Waals surface area (Å²) >= 11 is 0. The molecular formula is C23H17FN12O2. The van der Waals surface area contributed by atoms with Gasteiger partial charge in [0.1, 0.15) is 0 Å². The zero-order chi connectivity index (χ0) is 26.2. The van der Waals surface area contributed by atoms with Crippen LogP contribution in [0.5, 0.6) is 0 Å². The number of carbonyl (C=O) groups excluding carboxylic acids is 2. The number of benzene rings is 1. The minimum Gasteiger partial charge on any atom is -0.357 e. The summed E-state index contributed by atoms with van der Waals surface area (Å²) in [6.07, 6.45) is 5.26. The second-order valence-electron chi connectivity index (χ2n) is 8.36. The maximum Gasteiger partial charge on any atom is 0.295 e. The van der Waals surface area contributed by atoms with Gasteiger partial charge in [0, 0.05) is 32.4 Å². The molecule has 1 aromatic carbocycles. The number of nitrogens with zero attached hydrogens (tertiary/aromatic N) is 11. The standard InChI is InChI=1S/C23H17FN12O2/c1-25-14-3-2-4-15(11-14)36-23(29-30-32-36)34-9-7-33(8-10-34)22(38)20(37)16-12-26-19-18(16)17(24)13-27-21(19)35-6-5-28-31-35/h2-6,11-13,26H,7-10H2. The van der Waals surface area contributed by atoms with E-state index in [1.165, 1.54) is 32.9 Å². The number of H-pyrrole nitrogens is 1. The first kappa shape index (κ1) is 22.9. The predicted octanol–water partition coefficient (Wildman–Crippen LogP) is 1.34. The predicted molar refractivity (Wildman–Crippen MR) is 130 cm³/mol. The number of halogens is 1. The highest BCUT2D eigenvalue weighted by molar-refractivity contribution is 6.45. The van der Waals surface area contributed by atoms with Crippen LogP contribution in [0.2, 0.25) is 0 Å². The molecule has 6 rings (SSSR count). The maximum absolute atomic E-state index is 14.8. The van der Waals surface area contributed by atoms with Crippen LogP contribution in [-0.4, -0.2) is 87.9 Å². The zero-order valence-corrected chi connectivity index (χ0v) is 19.6. The minimum absolute atomic E-state index is 0.0386. The van der Waals surface area contributed by atoms with Crippen molar-refractivity contribution in [3.63, 3.8) is 0 Å². The van der Waals surface area contributed by atoms with E-state index in [0.717, 1.165) is 6.20 Å². The monoisotopic (exact) mass is 512 g/mol. The molecule has 1 aliphatic heterocycles. The minimum atomic E-state index is -0.833. The van der Waals surface area contributed by atoms with E-state index >= 15 is 0 Å². The third-order valence-electron chi connectivity index (χ3n) is 6.23. The summed E-state index contributed by atoms with van der Waals surface area (Å²) in [4.78, 5) is 39.9. The molecule has 5 aromatic rings. The van der Waals surface area contributed by atoms with E-state index in [1.54, 1.807) is 24.3 Å². The highest BCUT2D eigenvalue weighted by atomic mass is 19.1. The summed E-state index contributed by atoms with van der Waals surface area (Å²) in [5.41, 5.74) is 1.23. The second kappa shape index (κ2) is 9.17. The number of carbonyl (C=O) groups is 2. The number of ketones is 1. The summed E-state index contributed by atoms with van der Waals surface area (Å²) in [5, 5.41) is 19.5. The van der Waals surface area contributed by atoms with Gasteiger partial charge in [-0.1, -0.05) is 22.4 Å². The van der Waals surface area contributed by atoms with Gasteiger partial charge < -0.3 is 14.8 Å². The summed E-state index contributed by atoms with van der Waals surface area (Å²) in [6.45, 7) is 8.42. The van der Waals surface area contributed by atoms with Gasteiger partial charge >= 0.3 is 0 Å². The van der Waals surface area contributed by atoms with Gasteiger partial charge in [-0.25, -0.2) is 18.9 Å². The molecular weight excluding hydrogens is 495 g/mol. The van der Waals surface area contributed by atoms with Gasteiger partial charge in [-0.05, 0) is 22.6 Å².